The topological polar surface area (TPSA) is 75.9 Å². The molecule has 0 atom stereocenters. The summed E-state index contributed by atoms with van der Waals surface area (Å²) in [5.41, 5.74) is 4.02. The van der Waals surface area contributed by atoms with Crippen molar-refractivity contribution in [2.45, 2.75) is 20.5 Å². The molecule has 0 spiro atoms. The van der Waals surface area contributed by atoms with Crippen LogP contribution in [0.2, 0.25) is 10.0 Å². The van der Waals surface area contributed by atoms with Gasteiger partial charge < -0.3 is 19.6 Å². The van der Waals surface area contributed by atoms with Gasteiger partial charge in [-0.2, -0.15) is 0 Å². The van der Waals surface area contributed by atoms with E-state index < -0.39 is 7.12 Å². The van der Waals surface area contributed by atoms with Crippen molar-refractivity contribution in [1.29, 1.82) is 0 Å². The highest BCUT2D eigenvalue weighted by atomic mass is 35.5. The van der Waals surface area contributed by atoms with Crippen LogP contribution in [0.15, 0.2) is 47.6 Å². The van der Waals surface area contributed by atoms with Gasteiger partial charge >= 0.3 is 7.12 Å². The van der Waals surface area contributed by atoms with Crippen LogP contribution in [0.25, 0.3) is 5.69 Å². The molecule has 152 valence electrons. The molecule has 6 nitrogen and oxygen atoms in total. The van der Waals surface area contributed by atoms with E-state index in [0.717, 1.165) is 16.8 Å². The van der Waals surface area contributed by atoms with Crippen molar-refractivity contribution in [2.24, 2.45) is 4.99 Å². The molecule has 0 aliphatic carbocycles. The summed E-state index contributed by atoms with van der Waals surface area (Å²) in [6.45, 7) is 4.07. The Bertz CT molecular complexity index is 1180. The van der Waals surface area contributed by atoms with Gasteiger partial charge in [-0.1, -0.05) is 29.3 Å². The second-order valence-corrected chi connectivity index (χ2v) is 7.69. The van der Waals surface area contributed by atoms with E-state index in [2.05, 4.69) is 10.3 Å². The molecule has 0 bridgehead atoms. The largest absolute Gasteiger partial charge is 0.491 e. The van der Waals surface area contributed by atoms with E-state index in [4.69, 9.17) is 27.9 Å². The van der Waals surface area contributed by atoms with E-state index in [-0.39, 0.29) is 5.91 Å². The molecule has 1 amide bonds. The van der Waals surface area contributed by atoms with E-state index in [0.29, 0.717) is 39.2 Å². The van der Waals surface area contributed by atoms with Crippen molar-refractivity contribution in [3.05, 3.63) is 69.3 Å². The first-order valence-electron chi connectivity index (χ1n) is 9.29. The highest BCUT2D eigenvalue weighted by molar-refractivity contribution is 6.61. The molecule has 9 heteroatoms. The summed E-state index contributed by atoms with van der Waals surface area (Å²) in [4.78, 5) is 17.1. The van der Waals surface area contributed by atoms with Crippen LogP contribution in [0.1, 0.15) is 28.4 Å². The van der Waals surface area contributed by atoms with Crippen molar-refractivity contribution >= 4 is 59.4 Å². The molecule has 4 rings (SSSR count). The summed E-state index contributed by atoms with van der Waals surface area (Å²) in [5.74, 6) is 0.350. The standard InChI is InChI=1S/C21H18BCl2N3O3/c1-3-25-20-12(2)19(24)10-27(20)15-6-7-16(18(23)9-15)21(28)26-14-5-4-13-11-30-22(29)17(13)8-14/h3-10,29H,11H2,1-2H3,(H,26,28). The molecular weight excluding hydrogens is 424 g/mol. The number of anilines is 1. The molecule has 3 aromatic rings. The Morgan fingerprint density at radius 3 is 2.80 bits per heavy atom. The van der Waals surface area contributed by atoms with E-state index in [1.807, 2.05) is 24.5 Å². The minimum absolute atomic E-state index is 0.295. The summed E-state index contributed by atoms with van der Waals surface area (Å²) in [7, 11) is -0.975. The maximum absolute atomic E-state index is 12.8. The molecule has 1 aliphatic heterocycles. The number of fused-ring (bicyclic) bond motifs is 1. The van der Waals surface area contributed by atoms with Crippen LogP contribution in [0, 0.1) is 6.92 Å². The normalized spacial score (nSPS) is 13.2. The molecule has 1 aliphatic rings. The monoisotopic (exact) mass is 441 g/mol. The maximum Gasteiger partial charge on any atom is 0.491 e. The van der Waals surface area contributed by atoms with Gasteiger partial charge in [0.15, 0.2) is 0 Å². The molecule has 2 N–H and O–H groups in total. The van der Waals surface area contributed by atoms with E-state index in [1.54, 1.807) is 42.7 Å². The van der Waals surface area contributed by atoms with Gasteiger partial charge in [-0.25, -0.2) is 4.99 Å². The van der Waals surface area contributed by atoms with Crippen LogP contribution >= 0.6 is 23.2 Å². The fraction of sp³-hybridized carbons (Fsp3) is 0.143. The SMILES string of the molecule is CC=Nc1c(C)c(Cl)cn1-c1ccc(C(=O)Nc2ccc3c(c2)B(O)OC3)c(Cl)c1. The van der Waals surface area contributed by atoms with Crippen molar-refractivity contribution in [3.8, 4) is 5.69 Å². The lowest BCUT2D eigenvalue weighted by molar-refractivity contribution is 0.102. The van der Waals surface area contributed by atoms with Crippen LogP contribution in [0.5, 0.6) is 0 Å². The lowest BCUT2D eigenvalue weighted by Gasteiger charge is -2.11. The molecule has 1 aromatic heterocycles. The maximum atomic E-state index is 12.8. The highest BCUT2D eigenvalue weighted by Gasteiger charge is 2.27. The van der Waals surface area contributed by atoms with Gasteiger partial charge in [0, 0.05) is 29.3 Å². The van der Waals surface area contributed by atoms with Gasteiger partial charge in [0.1, 0.15) is 5.82 Å². The number of nitrogens with one attached hydrogen (secondary N) is 1. The minimum Gasteiger partial charge on any atom is -0.423 e. The van der Waals surface area contributed by atoms with Crippen LogP contribution in [-0.2, 0) is 11.3 Å². The number of rotatable bonds is 4. The molecule has 0 saturated carbocycles. The average molecular weight is 442 g/mol. The Morgan fingerprint density at radius 2 is 2.07 bits per heavy atom. The van der Waals surface area contributed by atoms with Crippen LogP contribution in [0.3, 0.4) is 0 Å². The van der Waals surface area contributed by atoms with Crippen molar-refractivity contribution in [2.75, 3.05) is 5.32 Å². The van der Waals surface area contributed by atoms with Crippen molar-refractivity contribution < 1.29 is 14.5 Å². The van der Waals surface area contributed by atoms with E-state index >= 15 is 0 Å². The molecule has 0 radical (unpaired) electrons. The lowest BCUT2D eigenvalue weighted by atomic mass is 9.79. The average Bonchev–Trinajstić information content (AvgIpc) is 3.22. The molecule has 2 heterocycles. The predicted octanol–water partition coefficient (Wildman–Crippen LogP) is 4.28. The third-order valence-electron chi connectivity index (χ3n) is 4.96. The Labute approximate surface area is 184 Å². The predicted molar refractivity (Wildman–Crippen MR) is 121 cm³/mol. The number of aliphatic imine (C=N–C) groups is 1. The van der Waals surface area contributed by atoms with Crippen LogP contribution in [0.4, 0.5) is 11.5 Å². The summed E-state index contributed by atoms with van der Waals surface area (Å²) in [5, 5.41) is 13.5. The van der Waals surface area contributed by atoms with E-state index in [9.17, 15) is 9.82 Å². The first-order chi connectivity index (χ1) is 14.4. The molecule has 0 fully saturated rings. The quantitative estimate of drug-likeness (QED) is 0.468. The van der Waals surface area contributed by atoms with Crippen molar-refractivity contribution in [1.82, 2.24) is 4.57 Å². The Hall–Kier alpha value is -2.58. The first-order valence-corrected chi connectivity index (χ1v) is 10.0. The number of amides is 1. The molecule has 2 aromatic carbocycles. The fourth-order valence-corrected chi connectivity index (χ4v) is 3.81. The zero-order chi connectivity index (χ0) is 21.4. The van der Waals surface area contributed by atoms with Gasteiger partial charge in [-0.15, -0.1) is 0 Å². The lowest BCUT2D eigenvalue weighted by Crippen LogP contribution is -2.28. The number of halogens is 2. The molecule has 0 saturated heterocycles. The number of carbonyl (C=O) groups is 1. The van der Waals surface area contributed by atoms with Gasteiger partial charge in [0.05, 0.1) is 22.2 Å². The Balaban J connectivity index is 1.61. The van der Waals surface area contributed by atoms with E-state index in [1.165, 1.54) is 0 Å². The number of hydrogen-bond donors (Lipinski definition) is 2. The van der Waals surface area contributed by atoms with Crippen LogP contribution in [-0.4, -0.2) is 28.8 Å². The zero-order valence-electron chi connectivity index (χ0n) is 16.3. The second-order valence-electron chi connectivity index (χ2n) is 6.88. The van der Waals surface area contributed by atoms with Crippen molar-refractivity contribution in [3.63, 3.8) is 0 Å². The number of nitrogens with zero attached hydrogens (tertiary/aromatic N) is 2. The summed E-state index contributed by atoms with van der Waals surface area (Å²) in [6, 6.07) is 10.4. The summed E-state index contributed by atoms with van der Waals surface area (Å²) >= 11 is 12.7. The number of carbonyl (C=O) groups excluding carboxylic acids is 1. The summed E-state index contributed by atoms with van der Waals surface area (Å²) < 4.78 is 7.01. The first kappa shape index (κ1) is 20.7. The highest BCUT2D eigenvalue weighted by Crippen LogP contribution is 2.33. The smallest absolute Gasteiger partial charge is 0.423 e. The Morgan fingerprint density at radius 1 is 1.27 bits per heavy atom. The number of hydrogen-bond acceptors (Lipinski definition) is 4. The third kappa shape index (κ3) is 3.77. The third-order valence-corrected chi connectivity index (χ3v) is 5.65. The molecule has 30 heavy (non-hydrogen) atoms. The summed E-state index contributed by atoms with van der Waals surface area (Å²) in [6.07, 6.45) is 3.46. The fourth-order valence-electron chi connectivity index (χ4n) is 3.37. The second kappa shape index (κ2) is 8.28. The van der Waals surface area contributed by atoms with Gasteiger partial charge in [0.2, 0.25) is 0 Å². The van der Waals surface area contributed by atoms with Gasteiger partial charge in [0.25, 0.3) is 5.91 Å². The number of benzene rings is 2. The minimum atomic E-state index is -0.975. The molecular formula is C21H18BCl2N3O3. The van der Waals surface area contributed by atoms with Crippen LogP contribution < -0.4 is 10.8 Å². The van der Waals surface area contributed by atoms with Gasteiger partial charge in [-0.05, 0) is 55.2 Å². The zero-order valence-corrected chi connectivity index (χ0v) is 17.8. The molecule has 0 unspecified atom stereocenters. The Kier molecular flexibility index (Phi) is 5.71. The number of aromatic nitrogens is 1. The van der Waals surface area contributed by atoms with Gasteiger partial charge in [-0.3, -0.25) is 4.79 Å².